The Morgan fingerprint density at radius 1 is 1.09 bits per heavy atom. The van der Waals surface area contributed by atoms with E-state index in [4.69, 9.17) is 0 Å². The molecular weight excluding hydrogens is 276 g/mol. The molecule has 0 aliphatic heterocycles. The molecule has 0 aromatic heterocycles. The van der Waals surface area contributed by atoms with Gasteiger partial charge in [-0.1, -0.05) is 44.2 Å². The van der Waals surface area contributed by atoms with Gasteiger partial charge in [-0.05, 0) is 30.0 Å². The molecule has 1 aromatic carbocycles. The Hall–Kier alpha value is -1.84. The van der Waals surface area contributed by atoms with Crippen molar-refractivity contribution in [2.24, 2.45) is 5.92 Å². The van der Waals surface area contributed by atoms with Crippen LogP contribution in [-0.2, 0) is 11.3 Å². The maximum Gasteiger partial charge on any atom is 0.251 e. The molecule has 1 saturated carbocycles. The summed E-state index contributed by atoms with van der Waals surface area (Å²) in [5.74, 6) is 0.773. The first kappa shape index (κ1) is 16.5. The second-order valence-electron chi connectivity index (χ2n) is 6.10. The van der Waals surface area contributed by atoms with Crippen LogP contribution in [0.3, 0.4) is 0 Å². The third-order valence-corrected chi connectivity index (χ3v) is 4.44. The normalized spacial score (nSPS) is 15.3. The molecule has 0 unspecified atom stereocenters. The van der Waals surface area contributed by atoms with E-state index in [1.54, 1.807) is 19.2 Å². The van der Waals surface area contributed by atoms with Crippen molar-refractivity contribution in [3.05, 3.63) is 35.4 Å². The van der Waals surface area contributed by atoms with E-state index >= 15 is 0 Å². The van der Waals surface area contributed by atoms with Crippen LogP contribution >= 0.6 is 0 Å². The maximum atomic E-state index is 11.9. The summed E-state index contributed by atoms with van der Waals surface area (Å²) >= 11 is 0. The minimum absolute atomic E-state index is 0.0944. The summed E-state index contributed by atoms with van der Waals surface area (Å²) in [6.07, 6.45) is 8.22. The van der Waals surface area contributed by atoms with Gasteiger partial charge in [0.15, 0.2) is 0 Å². The highest BCUT2D eigenvalue weighted by Crippen LogP contribution is 2.27. The fourth-order valence-electron chi connectivity index (χ4n) is 3.02. The Balaban J connectivity index is 1.70. The van der Waals surface area contributed by atoms with Gasteiger partial charge in [0.2, 0.25) is 5.91 Å². The maximum absolute atomic E-state index is 11.9. The molecule has 1 fully saturated rings. The Bertz CT molecular complexity index is 490. The standard InChI is InChI=1S/C18H26N2O2/c1-19-18(22)16-10-7-15(8-11-16)13-20-17(21)12-9-14-5-3-2-4-6-14/h7-8,10-11,14H,2-6,9,12-13H2,1H3,(H,19,22)(H,20,21). The van der Waals surface area contributed by atoms with Gasteiger partial charge >= 0.3 is 0 Å². The third-order valence-electron chi connectivity index (χ3n) is 4.44. The highest BCUT2D eigenvalue weighted by atomic mass is 16.2. The molecule has 0 radical (unpaired) electrons. The van der Waals surface area contributed by atoms with Crippen LogP contribution in [-0.4, -0.2) is 18.9 Å². The number of nitrogens with one attached hydrogen (secondary N) is 2. The first-order valence-electron chi connectivity index (χ1n) is 8.27. The van der Waals surface area contributed by atoms with Crippen LogP contribution in [0.2, 0.25) is 0 Å². The molecule has 0 heterocycles. The lowest BCUT2D eigenvalue weighted by Gasteiger charge is -2.21. The summed E-state index contributed by atoms with van der Waals surface area (Å²) in [5.41, 5.74) is 1.65. The predicted molar refractivity (Wildman–Crippen MR) is 87.5 cm³/mol. The van der Waals surface area contributed by atoms with Crippen LogP contribution in [0.25, 0.3) is 0 Å². The highest BCUT2D eigenvalue weighted by molar-refractivity contribution is 5.93. The number of benzene rings is 1. The van der Waals surface area contributed by atoms with Crippen molar-refractivity contribution < 1.29 is 9.59 Å². The quantitative estimate of drug-likeness (QED) is 0.848. The lowest BCUT2D eigenvalue weighted by Crippen LogP contribution is -2.23. The van der Waals surface area contributed by atoms with Crippen molar-refractivity contribution >= 4 is 11.8 Å². The smallest absolute Gasteiger partial charge is 0.251 e. The largest absolute Gasteiger partial charge is 0.355 e. The van der Waals surface area contributed by atoms with Crippen molar-refractivity contribution in [2.45, 2.75) is 51.5 Å². The minimum atomic E-state index is -0.0944. The number of hydrogen-bond acceptors (Lipinski definition) is 2. The van der Waals surface area contributed by atoms with Crippen molar-refractivity contribution in [1.29, 1.82) is 0 Å². The van der Waals surface area contributed by atoms with E-state index in [0.29, 0.717) is 18.5 Å². The molecular formula is C18H26N2O2. The van der Waals surface area contributed by atoms with Crippen molar-refractivity contribution in [3.8, 4) is 0 Å². The highest BCUT2D eigenvalue weighted by Gasteiger charge is 2.14. The van der Waals surface area contributed by atoms with Gasteiger partial charge in [-0.15, -0.1) is 0 Å². The lowest BCUT2D eigenvalue weighted by molar-refractivity contribution is -0.121. The monoisotopic (exact) mass is 302 g/mol. The zero-order valence-electron chi connectivity index (χ0n) is 13.4. The van der Waals surface area contributed by atoms with Crippen LogP contribution in [0.15, 0.2) is 24.3 Å². The predicted octanol–water partition coefficient (Wildman–Crippen LogP) is 3.02. The van der Waals surface area contributed by atoms with E-state index in [9.17, 15) is 9.59 Å². The molecule has 120 valence electrons. The van der Waals surface area contributed by atoms with Crippen LogP contribution in [0, 0.1) is 5.92 Å². The van der Waals surface area contributed by atoms with E-state index in [1.807, 2.05) is 12.1 Å². The molecule has 2 amide bonds. The average molecular weight is 302 g/mol. The molecule has 22 heavy (non-hydrogen) atoms. The molecule has 2 rings (SSSR count). The van der Waals surface area contributed by atoms with Crippen LogP contribution in [0.4, 0.5) is 0 Å². The second kappa shape index (κ2) is 8.57. The Morgan fingerprint density at radius 3 is 2.41 bits per heavy atom. The van der Waals surface area contributed by atoms with Gasteiger partial charge < -0.3 is 10.6 Å². The number of carbonyl (C=O) groups excluding carboxylic acids is 2. The van der Waals surface area contributed by atoms with E-state index in [-0.39, 0.29) is 11.8 Å². The zero-order chi connectivity index (χ0) is 15.8. The van der Waals surface area contributed by atoms with E-state index in [2.05, 4.69) is 10.6 Å². The first-order chi connectivity index (χ1) is 10.7. The van der Waals surface area contributed by atoms with Crippen molar-refractivity contribution in [1.82, 2.24) is 10.6 Å². The second-order valence-corrected chi connectivity index (χ2v) is 6.10. The SMILES string of the molecule is CNC(=O)c1ccc(CNC(=O)CCC2CCCCC2)cc1. The summed E-state index contributed by atoms with van der Waals surface area (Å²) in [5, 5.41) is 5.55. The molecule has 4 nitrogen and oxygen atoms in total. The molecule has 0 bridgehead atoms. The molecule has 4 heteroatoms. The fraction of sp³-hybridized carbons (Fsp3) is 0.556. The molecule has 1 aromatic rings. The summed E-state index contributed by atoms with van der Waals surface area (Å²) < 4.78 is 0. The summed E-state index contributed by atoms with van der Waals surface area (Å²) in [7, 11) is 1.61. The number of rotatable bonds is 6. The van der Waals surface area contributed by atoms with E-state index in [1.165, 1.54) is 32.1 Å². The van der Waals surface area contributed by atoms with Crippen LogP contribution < -0.4 is 10.6 Å². The molecule has 1 aliphatic rings. The lowest BCUT2D eigenvalue weighted by atomic mass is 9.86. The fourth-order valence-corrected chi connectivity index (χ4v) is 3.02. The van der Waals surface area contributed by atoms with Gasteiger partial charge in [-0.25, -0.2) is 0 Å². The summed E-state index contributed by atoms with van der Waals surface area (Å²) in [6.45, 7) is 0.525. The topological polar surface area (TPSA) is 58.2 Å². The van der Waals surface area contributed by atoms with Crippen LogP contribution in [0.1, 0.15) is 60.9 Å². The number of amides is 2. The first-order valence-corrected chi connectivity index (χ1v) is 8.27. The molecule has 0 saturated heterocycles. The van der Waals surface area contributed by atoms with Crippen molar-refractivity contribution in [3.63, 3.8) is 0 Å². The molecule has 1 aliphatic carbocycles. The zero-order valence-corrected chi connectivity index (χ0v) is 13.4. The number of hydrogen-bond donors (Lipinski definition) is 2. The molecule has 0 atom stereocenters. The van der Waals surface area contributed by atoms with E-state index < -0.39 is 0 Å². The van der Waals surface area contributed by atoms with E-state index in [0.717, 1.165) is 17.9 Å². The van der Waals surface area contributed by atoms with Gasteiger partial charge in [0.1, 0.15) is 0 Å². The number of carbonyl (C=O) groups is 2. The van der Waals surface area contributed by atoms with Gasteiger partial charge in [0.05, 0.1) is 0 Å². The minimum Gasteiger partial charge on any atom is -0.355 e. The van der Waals surface area contributed by atoms with Crippen LogP contribution in [0.5, 0.6) is 0 Å². The summed E-state index contributed by atoms with van der Waals surface area (Å²) in [6, 6.07) is 7.32. The van der Waals surface area contributed by atoms with Gasteiger partial charge in [0, 0.05) is 25.6 Å². The van der Waals surface area contributed by atoms with Crippen molar-refractivity contribution in [2.75, 3.05) is 7.05 Å². The van der Waals surface area contributed by atoms with Gasteiger partial charge in [0.25, 0.3) is 5.91 Å². The molecule has 2 N–H and O–H groups in total. The van der Waals surface area contributed by atoms with Gasteiger partial charge in [-0.2, -0.15) is 0 Å². The summed E-state index contributed by atoms with van der Waals surface area (Å²) in [4.78, 5) is 23.4. The Labute approximate surface area is 132 Å². The molecule has 0 spiro atoms. The van der Waals surface area contributed by atoms with Gasteiger partial charge in [-0.3, -0.25) is 9.59 Å². The Morgan fingerprint density at radius 2 is 1.77 bits per heavy atom. The Kier molecular flexibility index (Phi) is 6.44. The third kappa shape index (κ3) is 5.17. The average Bonchev–Trinajstić information content (AvgIpc) is 2.58.